The Hall–Kier alpha value is -3.59. The summed E-state index contributed by atoms with van der Waals surface area (Å²) >= 11 is 1.58. The van der Waals surface area contributed by atoms with Gasteiger partial charge >= 0.3 is 0 Å². The second-order valence-electron chi connectivity index (χ2n) is 7.54. The molecule has 3 aromatic heterocycles. The molecular formula is C23H24N6O2S. The van der Waals surface area contributed by atoms with E-state index in [0.29, 0.717) is 18.8 Å². The van der Waals surface area contributed by atoms with Gasteiger partial charge in [0.05, 0.1) is 11.4 Å². The lowest BCUT2D eigenvalue weighted by molar-refractivity contribution is -0.124. The first-order chi connectivity index (χ1) is 15.4. The SMILES string of the molecule is Cc1cc(C)n(-c2ccc(=O)n(C(C)C(=O)NCCc3csc(-c4ccccc4)n3)n2)n1. The van der Waals surface area contributed by atoms with E-state index in [1.54, 1.807) is 29.0 Å². The van der Waals surface area contributed by atoms with Crippen LogP contribution in [0.15, 0.2) is 58.7 Å². The molecule has 0 aliphatic rings. The molecule has 1 aromatic carbocycles. The van der Waals surface area contributed by atoms with Gasteiger partial charge in [-0.3, -0.25) is 9.59 Å². The van der Waals surface area contributed by atoms with Crippen LogP contribution < -0.4 is 10.9 Å². The third-order valence-corrected chi connectivity index (χ3v) is 5.98. The number of carbonyl (C=O) groups excluding carboxylic acids is 1. The first kappa shape index (κ1) is 21.6. The maximum atomic E-state index is 12.7. The fraction of sp³-hybridized carbons (Fsp3) is 0.261. The van der Waals surface area contributed by atoms with Gasteiger partial charge in [0.1, 0.15) is 11.0 Å². The van der Waals surface area contributed by atoms with Crippen LogP contribution in [-0.2, 0) is 11.2 Å². The van der Waals surface area contributed by atoms with Crippen LogP contribution >= 0.6 is 11.3 Å². The number of carbonyl (C=O) groups is 1. The zero-order valence-electron chi connectivity index (χ0n) is 18.1. The highest BCUT2D eigenvalue weighted by atomic mass is 32.1. The molecule has 0 saturated carbocycles. The Morgan fingerprint density at radius 3 is 2.62 bits per heavy atom. The van der Waals surface area contributed by atoms with Crippen molar-refractivity contribution in [1.82, 2.24) is 29.9 Å². The van der Waals surface area contributed by atoms with Gasteiger partial charge in [-0.1, -0.05) is 30.3 Å². The average molecular weight is 449 g/mol. The second-order valence-corrected chi connectivity index (χ2v) is 8.40. The lowest BCUT2D eigenvalue weighted by atomic mass is 10.2. The number of nitrogens with zero attached hydrogens (tertiary/aromatic N) is 5. The van der Waals surface area contributed by atoms with Crippen molar-refractivity contribution in [2.75, 3.05) is 6.54 Å². The highest BCUT2D eigenvalue weighted by molar-refractivity contribution is 7.13. The monoisotopic (exact) mass is 448 g/mol. The van der Waals surface area contributed by atoms with Crippen LogP contribution in [-0.4, -0.2) is 37.0 Å². The summed E-state index contributed by atoms with van der Waals surface area (Å²) in [5, 5.41) is 14.6. The van der Waals surface area contributed by atoms with Crippen molar-refractivity contribution in [3.8, 4) is 16.4 Å². The predicted molar refractivity (Wildman–Crippen MR) is 124 cm³/mol. The topological polar surface area (TPSA) is 94.7 Å². The molecule has 0 radical (unpaired) electrons. The van der Waals surface area contributed by atoms with Crippen molar-refractivity contribution < 1.29 is 4.79 Å². The number of nitrogens with one attached hydrogen (secondary N) is 1. The summed E-state index contributed by atoms with van der Waals surface area (Å²) in [6.07, 6.45) is 0.607. The maximum Gasteiger partial charge on any atom is 0.267 e. The van der Waals surface area contributed by atoms with Crippen molar-refractivity contribution >= 4 is 17.2 Å². The number of amides is 1. The smallest absolute Gasteiger partial charge is 0.267 e. The Morgan fingerprint density at radius 1 is 1.12 bits per heavy atom. The van der Waals surface area contributed by atoms with E-state index in [9.17, 15) is 9.59 Å². The molecule has 0 aliphatic heterocycles. The lowest BCUT2D eigenvalue weighted by Crippen LogP contribution is -2.38. The Balaban J connectivity index is 1.40. The van der Waals surface area contributed by atoms with E-state index in [2.05, 4.69) is 20.5 Å². The lowest BCUT2D eigenvalue weighted by Gasteiger charge is -2.15. The van der Waals surface area contributed by atoms with Gasteiger partial charge in [0.2, 0.25) is 5.91 Å². The molecule has 32 heavy (non-hydrogen) atoms. The molecule has 1 N–H and O–H groups in total. The Kier molecular flexibility index (Phi) is 6.27. The first-order valence-electron chi connectivity index (χ1n) is 10.3. The van der Waals surface area contributed by atoms with E-state index >= 15 is 0 Å². The summed E-state index contributed by atoms with van der Waals surface area (Å²) in [4.78, 5) is 29.7. The van der Waals surface area contributed by atoms with Gasteiger partial charge in [-0.2, -0.15) is 5.10 Å². The third-order valence-electron chi connectivity index (χ3n) is 5.04. The van der Waals surface area contributed by atoms with Crippen molar-refractivity contribution in [3.05, 3.63) is 81.3 Å². The van der Waals surface area contributed by atoms with Gasteiger partial charge in [0.25, 0.3) is 5.56 Å². The molecule has 3 heterocycles. The van der Waals surface area contributed by atoms with Crippen LogP contribution in [0.1, 0.15) is 30.0 Å². The largest absolute Gasteiger partial charge is 0.354 e. The van der Waals surface area contributed by atoms with Gasteiger partial charge < -0.3 is 5.32 Å². The summed E-state index contributed by atoms with van der Waals surface area (Å²) in [7, 11) is 0. The molecule has 0 aliphatic carbocycles. The Bertz CT molecular complexity index is 1290. The molecule has 1 unspecified atom stereocenters. The van der Waals surface area contributed by atoms with Crippen LogP contribution in [0.5, 0.6) is 0 Å². The van der Waals surface area contributed by atoms with Gasteiger partial charge in [0.15, 0.2) is 5.82 Å². The van der Waals surface area contributed by atoms with Crippen LogP contribution in [0.4, 0.5) is 0 Å². The highest BCUT2D eigenvalue weighted by Crippen LogP contribution is 2.23. The molecule has 0 saturated heterocycles. The van der Waals surface area contributed by atoms with E-state index in [4.69, 9.17) is 0 Å². The summed E-state index contributed by atoms with van der Waals surface area (Å²) in [6, 6.07) is 14.2. The van der Waals surface area contributed by atoms with Crippen molar-refractivity contribution in [1.29, 1.82) is 0 Å². The number of thiazole rings is 1. The van der Waals surface area contributed by atoms with Gasteiger partial charge in [-0.25, -0.2) is 14.3 Å². The zero-order chi connectivity index (χ0) is 22.7. The summed E-state index contributed by atoms with van der Waals surface area (Å²) in [6.45, 7) is 5.88. The van der Waals surface area contributed by atoms with Gasteiger partial charge in [-0.15, -0.1) is 16.4 Å². The molecular weight excluding hydrogens is 424 g/mol. The van der Waals surface area contributed by atoms with Crippen LogP contribution in [0.2, 0.25) is 0 Å². The predicted octanol–water partition coefficient (Wildman–Crippen LogP) is 3.09. The van der Waals surface area contributed by atoms with E-state index in [1.165, 1.54) is 10.7 Å². The van der Waals surface area contributed by atoms with Crippen molar-refractivity contribution in [2.24, 2.45) is 0 Å². The Morgan fingerprint density at radius 2 is 1.91 bits per heavy atom. The fourth-order valence-corrected chi connectivity index (χ4v) is 4.23. The number of aryl methyl sites for hydroxylation is 2. The van der Waals surface area contributed by atoms with Crippen LogP contribution in [0.25, 0.3) is 16.4 Å². The molecule has 164 valence electrons. The van der Waals surface area contributed by atoms with E-state index in [1.807, 2.05) is 55.6 Å². The van der Waals surface area contributed by atoms with E-state index < -0.39 is 6.04 Å². The molecule has 0 bridgehead atoms. The summed E-state index contributed by atoms with van der Waals surface area (Å²) in [5.74, 6) is 0.217. The number of hydrogen-bond donors (Lipinski definition) is 1. The molecule has 4 aromatic rings. The summed E-state index contributed by atoms with van der Waals surface area (Å²) < 4.78 is 2.85. The molecule has 1 atom stereocenters. The summed E-state index contributed by atoms with van der Waals surface area (Å²) in [5.41, 5.74) is 3.41. The quantitative estimate of drug-likeness (QED) is 0.469. The first-order valence-corrected chi connectivity index (χ1v) is 11.2. The van der Waals surface area contributed by atoms with Crippen LogP contribution in [0, 0.1) is 13.8 Å². The minimum atomic E-state index is -0.755. The average Bonchev–Trinajstić information content (AvgIpc) is 3.40. The normalized spacial score (nSPS) is 12.0. The van der Waals surface area contributed by atoms with E-state index in [0.717, 1.165) is 27.7 Å². The molecule has 1 amide bonds. The van der Waals surface area contributed by atoms with E-state index in [-0.39, 0.29) is 11.5 Å². The molecule has 8 nitrogen and oxygen atoms in total. The van der Waals surface area contributed by atoms with Crippen LogP contribution in [0.3, 0.4) is 0 Å². The van der Waals surface area contributed by atoms with Gasteiger partial charge in [-0.05, 0) is 32.9 Å². The highest BCUT2D eigenvalue weighted by Gasteiger charge is 2.18. The number of hydrogen-bond acceptors (Lipinski definition) is 6. The molecule has 9 heteroatoms. The van der Waals surface area contributed by atoms with Crippen molar-refractivity contribution in [2.45, 2.75) is 33.2 Å². The maximum absolute atomic E-state index is 12.7. The minimum Gasteiger partial charge on any atom is -0.354 e. The number of rotatable bonds is 7. The second kappa shape index (κ2) is 9.27. The standard InChI is InChI=1S/C23H24N6O2S/c1-15-13-16(2)28(26-15)20-9-10-21(30)29(27-20)17(3)22(31)24-12-11-19-14-32-23(25-19)18-7-5-4-6-8-18/h4-10,13-14,17H,11-12H2,1-3H3,(H,24,31). The number of benzene rings is 1. The molecule has 0 fully saturated rings. The zero-order valence-corrected chi connectivity index (χ0v) is 19.0. The minimum absolute atomic E-state index is 0.274. The van der Waals surface area contributed by atoms with Gasteiger partial charge in [0, 0.05) is 35.7 Å². The van der Waals surface area contributed by atoms with Crippen molar-refractivity contribution in [3.63, 3.8) is 0 Å². The molecule has 0 spiro atoms. The number of aromatic nitrogens is 5. The fourth-order valence-electron chi connectivity index (χ4n) is 3.37. The Labute approximate surface area is 189 Å². The third kappa shape index (κ3) is 4.67. The molecule has 4 rings (SSSR count).